The van der Waals surface area contributed by atoms with Gasteiger partial charge in [-0.3, -0.25) is 4.90 Å². The molecule has 1 saturated heterocycles. The fourth-order valence-electron chi connectivity index (χ4n) is 1.57. The van der Waals surface area contributed by atoms with E-state index in [-0.39, 0.29) is 11.9 Å². The number of hydrogen-bond donors (Lipinski definition) is 0. The van der Waals surface area contributed by atoms with E-state index in [0.29, 0.717) is 16.8 Å². The molecule has 2 rings (SSSR count). The summed E-state index contributed by atoms with van der Waals surface area (Å²) in [6, 6.07) is 6.78. The fourth-order valence-corrected chi connectivity index (χ4v) is 1.82. The number of hydrogen-bond acceptors (Lipinski definition) is 3. The minimum atomic E-state index is -0.328. The first-order valence-electron chi connectivity index (χ1n) is 4.90. The van der Waals surface area contributed by atoms with Gasteiger partial charge in [-0.25, -0.2) is 4.39 Å². The van der Waals surface area contributed by atoms with Gasteiger partial charge in [0.1, 0.15) is 17.7 Å². The van der Waals surface area contributed by atoms with Crippen molar-refractivity contribution in [1.82, 2.24) is 4.90 Å². The Labute approximate surface area is 102 Å². The summed E-state index contributed by atoms with van der Waals surface area (Å²) in [5.74, 6) is 0.202. The summed E-state index contributed by atoms with van der Waals surface area (Å²) >= 11 is 3.08. The van der Waals surface area contributed by atoms with Crippen LogP contribution in [0.15, 0.2) is 22.7 Å². The van der Waals surface area contributed by atoms with Crippen molar-refractivity contribution in [2.45, 2.75) is 6.10 Å². The largest absolute Gasteiger partial charge is 0.488 e. The first kappa shape index (κ1) is 11.4. The van der Waals surface area contributed by atoms with E-state index in [1.807, 2.05) is 4.90 Å². The van der Waals surface area contributed by atoms with Crippen molar-refractivity contribution in [2.75, 3.05) is 19.6 Å². The summed E-state index contributed by atoms with van der Waals surface area (Å²) in [6.45, 7) is 1.88. The van der Waals surface area contributed by atoms with Gasteiger partial charge in [0.05, 0.1) is 17.1 Å². The lowest BCUT2D eigenvalue weighted by molar-refractivity contribution is 0.0291. The predicted octanol–water partition coefficient (Wildman–Crippen LogP) is 2.17. The van der Waals surface area contributed by atoms with E-state index in [0.717, 1.165) is 13.1 Å². The number of benzene rings is 1. The molecular weight excluding hydrogens is 275 g/mol. The third kappa shape index (κ3) is 2.52. The molecule has 16 heavy (non-hydrogen) atoms. The Balaban J connectivity index is 1.87. The molecule has 84 valence electrons. The van der Waals surface area contributed by atoms with Crippen LogP contribution < -0.4 is 4.74 Å². The van der Waals surface area contributed by atoms with Gasteiger partial charge in [-0.15, -0.1) is 0 Å². The van der Waals surface area contributed by atoms with Crippen LogP contribution in [-0.4, -0.2) is 30.6 Å². The molecule has 0 atom stereocenters. The topological polar surface area (TPSA) is 36.3 Å². The van der Waals surface area contributed by atoms with Gasteiger partial charge in [-0.2, -0.15) is 5.26 Å². The minimum Gasteiger partial charge on any atom is -0.488 e. The smallest absolute Gasteiger partial charge is 0.141 e. The molecule has 1 aromatic rings. The molecule has 0 radical (unpaired) electrons. The van der Waals surface area contributed by atoms with E-state index >= 15 is 0 Å². The van der Waals surface area contributed by atoms with Gasteiger partial charge in [0.25, 0.3) is 0 Å². The van der Waals surface area contributed by atoms with E-state index in [9.17, 15) is 4.39 Å². The number of halogens is 2. The molecule has 0 unspecified atom stereocenters. The second-order valence-corrected chi connectivity index (χ2v) is 4.52. The van der Waals surface area contributed by atoms with Crippen LogP contribution in [0.4, 0.5) is 4.39 Å². The van der Waals surface area contributed by atoms with Crippen molar-refractivity contribution in [3.8, 4) is 11.8 Å². The highest BCUT2D eigenvalue weighted by Crippen LogP contribution is 2.23. The van der Waals surface area contributed by atoms with Crippen molar-refractivity contribution in [1.29, 1.82) is 5.26 Å². The molecular formula is C11H10BrFN2O. The number of likely N-dealkylation sites (tertiary alicyclic amines) is 1. The average molecular weight is 285 g/mol. The molecule has 1 aliphatic rings. The van der Waals surface area contributed by atoms with Gasteiger partial charge in [-0.1, -0.05) is 0 Å². The zero-order chi connectivity index (χ0) is 11.5. The minimum absolute atomic E-state index is 0.0638. The molecule has 1 aliphatic heterocycles. The lowest BCUT2D eigenvalue weighted by Crippen LogP contribution is -2.53. The maximum absolute atomic E-state index is 13.2. The van der Waals surface area contributed by atoms with Gasteiger partial charge >= 0.3 is 0 Å². The Morgan fingerprint density at radius 2 is 2.31 bits per heavy atom. The molecule has 0 aliphatic carbocycles. The quantitative estimate of drug-likeness (QED) is 0.799. The average Bonchev–Trinajstić information content (AvgIpc) is 2.20. The molecule has 0 saturated carbocycles. The van der Waals surface area contributed by atoms with Crippen LogP contribution in [0.2, 0.25) is 0 Å². The summed E-state index contributed by atoms with van der Waals surface area (Å²) < 4.78 is 19.1. The van der Waals surface area contributed by atoms with Crippen molar-refractivity contribution >= 4 is 15.9 Å². The molecule has 0 bridgehead atoms. The summed E-state index contributed by atoms with van der Waals surface area (Å²) in [4.78, 5) is 1.97. The summed E-state index contributed by atoms with van der Waals surface area (Å²) in [5, 5.41) is 8.46. The molecule has 0 aromatic heterocycles. The van der Waals surface area contributed by atoms with Crippen LogP contribution in [0.5, 0.6) is 5.75 Å². The van der Waals surface area contributed by atoms with Crippen LogP contribution in [-0.2, 0) is 0 Å². The van der Waals surface area contributed by atoms with Crippen LogP contribution in [0.3, 0.4) is 0 Å². The highest BCUT2D eigenvalue weighted by Gasteiger charge is 2.27. The van der Waals surface area contributed by atoms with E-state index in [1.54, 1.807) is 12.1 Å². The second-order valence-electron chi connectivity index (χ2n) is 3.67. The van der Waals surface area contributed by atoms with E-state index in [2.05, 4.69) is 22.0 Å². The first-order valence-corrected chi connectivity index (χ1v) is 5.69. The number of nitrogens with zero attached hydrogens (tertiary/aromatic N) is 2. The highest BCUT2D eigenvalue weighted by molar-refractivity contribution is 9.10. The van der Waals surface area contributed by atoms with Gasteiger partial charge in [-0.05, 0) is 28.1 Å². The molecule has 5 heteroatoms. The normalized spacial score (nSPS) is 16.6. The molecule has 0 spiro atoms. The maximum Gasteiger partial charge on any atom is 0.141 e. The van der Waals surface area contributed by atoms with E-state index in [4.69, 9.17) is 10.00 Å². The zero-order valence-corrected chi connectivity index (χ0v) is 10.1. The van der Waals surface area contributed by atoms with Crippen molar-refractivity contribution in [3.63, 3.8) is 0 Å². The Bertz CT molecular complexity index is 426. The van der Waals surface area contributed by atoms with Crippen molar-refractivity contribution in [3.05, 3.63) is 28.5 Å². The van der Waals surface area contributed by atoms with E-state index < -0.39 is 0 Å². The Hall–Kier alpha value is -1.12. The third-order valence-electron chi connectivity index (χ3n) is 2.41. The van der Waals surface area contributed by atoms with E-state index in [1.165, 1.54) is 6.07 Å². The summed E-state index contributed by atoms with van der Waals surface area (Å²) in [7, 11) is 0. The Morgan fingerprint density at radius 3 is 2.94 bits per heavy atom. The van der Waals surface area contributed by atoms with Gasteiger partial charge in [0.2, 0.25) is 0 Å². The van der Waals surface area contributed by atoms with Crippen LogP contribution in [0, 0.1) is 17.1 Å². The second kappa shape index (κ2) is 4.81. The molecule has 0 amide bonds. The lowest BCUT2D eigenvalue weighted by atomic mass is 10.1. The number of rotatable bonds is 3. The van der Waals surface area contributed by atoms with Gasteiger partial charge in [0, 0.05) is 19.2 Å². The van der Waals surface area contributed by atoms with Crippen LogP contribution >= 0.6 is 15.9 Å². The predicted molar refractivity (Wildman–Crippen MR) is 60.6 cm³/mol. The molecule has 1 heterocycles. The standard InChI is InChI=1S/C11H10BrFN2O/c12-10-2-1-8(5-11(10)13)16-9-6-15(7-9)4-3-14/h1-2,5,9H,4,6-7H2. The molecule has 0 N–H and O–H groups in total. The van der Waals surface area contributed by atoms with Crippen molar-refractivity contribution < 1.29 is 9.13 Å². The first-order chi connectivity index (χ1) is 7.69. The molecule has 3 nitrogen and oxygen atoms in total. The monoisotopic (exact) mass is 284 g/mol. The van der Waals surface area contributed by atoms with Crippen LogP contribution in [0.1, 0.15) is 0 Å². The summed E-state index contributed by atoms with van der Waals surface area (Å²) in [5.41, 5.74) is 0. The number of ether oxygens (including phenoxy) is 1. The SMILES string of the molecule is N#CCN1CC(Oc2ccc(Br)c(F)c2)C1. The van der Waals surface area contributed by atoms with Gasteiger partial charge in [0.15, 0.2) is 0 Å². The molecule has 1 fully saturated rings. The van der Waals surface area contributed by atoms with Crippen LogP contribution in [0.25, 0.3) is 0 Å². The Kier molecular flexibility index (Phi) is 3.42. The lowest BCUT2D eigenvalue weighted by Gasteiger charge is -2.37. The van der Waals surface area contributed by atoms with Crippen molar-refractivity contribution in [2.24, 2.45) is 0 Å². The third-order valence-corrected chi connectivity index (χ3v) is 3.05. The zero-order valence-electron chi connectivity index (χ0n) is 8.49. The fraction of sp³-hybridized carbons (Fsp3) is 0.364. The van der Waals surface area contributed by atoms with Gasteiger partial charge < -0.3 is 4.74 Å². The highest BCUT2D eigenvalue weighted by atomic mass is 79.9. The summed E-state index contributed by atoms with van der Waals surface area (Å²) in [6.07, 6.45) is 0.0638. The number of nitriles is 1. The maximum atomic E-state index is 13.2. The molecule has 1 aromatic carbocycles. The Morgan fingerprint density at radius 1 is 1.56 bits per heavy atom.